The largest absolute Gasteiger partial charge is 0.362 e. The molecule has 28 heavy (non-hydrogen) atoms. The number of piperazine rings is 1. The zero-order chi connectivity index (χ0) is 19.7. The molecule has 0 radical (unpaired) electrons. The van der Waals surface area contributed by atoms with Crippen LogP contribution in [0.3, 0.4) is 0 Å². The second kappa shape index (κ2) is 7.61. The lowest BCUT2D eigenvalue weighted by atomic mass is 10.2. The summed E-state index contributed by atoms with van der Waals surface area (Å²) in [5, 5.41) is 20.7. The number of benzene rings is 1. The fourth-order valence-electron chi connectivity index (χ4n) is 3.21. The van der Waals surface area contributed by atoms with Crippen LogP contribution in [0.5, 0.6) is 0 Å². The normalized spacial score (nSPS) is 14.3. The molecule has 3 aromatic rings. The number of carbonyl (C=O) groups is 1. The average Bonchev–Trinajstić information content (AvgIpc) is 3.39. The summed E-state index contributed by atoms with van der Waals surface area (Å²) in [6, 6.07) is 10.3. The van der Waals surface area contributed by atoms with E-state index in [9.17, 15) is 14.9 Å². The molecule has 0 bridgehead atoms. The highest BCUT2D eigenvalue weighted by atomic mass is 35.5. The van der Waals surface area contributed by atoms with Crippen LogP contribution >= 0.6 is 22.9 Å². The van der Waals surface area contributed by atoms with Crippen LogP contribution < -0.4 is 4.90 Å². The third-order valence-electron chi connectivity index (χ3n) is 4.63. The molecular formula is C18H16ClN5O3S. The summed E-state index contributed by atoms with van der Waals surface area (Å²) >= 11 is 7.46. The molecule has 3 heterocycles. The van der Waals surface area contributed by atoms with Gasteiger partial charge >= 0.3 is 0 Å². The molecule has 1 aliphatic heterocycles. The van der Waals surface area contributed by atoms with Crippen LogP contribution in [0, 0.1) is 10.1 Å². The Morgan fingerprint density at radius 3 is 2.68 bits per heavy atom. The van der Waals surface area contributed by atoms with Crippen LogP contribution in [0.2, 0.25) is 5.02 Å². The molecule has 1 fully saturated rings. The van der Waals surface area contributed by atoms with E-state index in [0.717, 1.165) is 10.6 Å². The Labute approximate surface area is 169 Å². The van der Waals surface area contributed by atoms with Crippen molar-refractivity contribution in [1.29, 1.82) is 0 Å². The van der Waals surface area contributed by atoms with Gasteiger partial charge in [0.15, 0.2) is 5.69 Å². The SMILES string of the molecule is O=C(c1cc(-c2cccs2)[nH]n1)N1CCN(c2ccc(Cl)cc2[N+](=O)[O-])CC1. The van der Waals surface area contributed by atoms with Crippen LogP contribution in [0.1, 0.15) is 10.5 Å². The summed E-state index contributed by atoms with van der Waals surface area (Å²) in [6.45, 7) is 1.91. The van der Waals surface area contributed by atoms with Crippen molar-refractivity contribution in [2.75, 3.05) is 31.1 Å². The van der Waals surface area contributed by atoms with Gasteiger partial charge in [-0.1, -0.05) is 17.7 Å². The van der Waals surface area contributed by atoms with Gasteiger partial charge in [-0.25, -0.2) is 0 Å². The van der Waals surface area contributed by atoms with Gasteiger partial charge in [-0.05, 0) is 29.6 Å². The number of hydrogen-bond acceptors (Lipinski definition) is 6. The lowest BCUT2D eigenvalue weighted by molar-refractivity contribution is -0.384. The molecule has 1 aliphatic rings. The van der Waals surface area contributed by atoms with Crippen molar-refractivity contribution in [2.24, 2.45) is 0 Å². The smallest absolute Gasteiger partial charge is 0.294 e. The van der Waals surface area contributed by atoms with E-state index in [0.29, 0.717) is 42.6 Å². The summed E-state index contributed by atoms with van der Waals surface area (Å²) < 4.78 is 0. The van der Waals surface area contributed by atoms with Gasteiger partial charge in [0, 0.05) is 37.3 Å². The Bertz CT molecular complexity index is 1010. The lowest BCUT2D eigenvalue weighted by Gasteiger charge is -2.35. The first kappa shape index (κ1) is 18.5. The molecule has 10 heteroatoms. The number of nitrogens with zero attached hydrogens (tertiary/aromatic N) is 4. The Morgan fingerprint density at radius 1 is 1.21 bits per heavy atom. The van der Waals surface area contributed by atoms with E-state index < -0.39 is 4.92 Å². The standard InChI is InChI=1S/C18H16ClN5O3S/c19-12-3-4-15(16(10-12)24(26)27)22-5-7-23(8-6-22)18(25)14-11-13(20-21-14)17-2-1-9-28-17/h1-4,9-11H,5-8H2,(H,20,21). The number of rotatable bonds is 4. The van der Waals surface area contributed by atoms with E-state index in [1.807, 2.05) is 22.4 Å². The summed E-state index contributed by atoms with van der Waals surface area (Å²) in [6.07, 6.45) is 0. The van der Waals surface area contributed by atoms with Gasteiger partial charge in [-0.15, -0.1) is 11.3 Å². The Kier molecular flexibility index (Phi) is 5.01. The number of aromatic nitrogens is 2. The number of nitrogens with one attached hydrogen (secondary N) is 1. The molecule has 1 N–H and O–H groups in total. The van der Waals surface area contributed by atoms with E-state index in [4.69, 9.17) is 11.6 Å². The van der Waals surface area contributed by atoms with Crippen LogP contribution in [-0.2, 0) is 0 Å². The maximum Gasteiger partial charge on any atom is 0.294 e. The molecule has 0 atom stereocenters. The van der Waals surface area contributed by atoms with Gasteiger partial charge in [0.2, 0.25) is 0 Å². The number of anilines is 1. The molecule has 0 spiro atoms. The minimum Gasteiger partial charge on any atom is -0.362 e. The lowest BCUT2D eigenvalue weighted by Crippen LogP contribution is -2.49. The van der Waals surface area contributed by atoms with E-state index in [-0.39, 0.29) is 11.6 Å². The van der Waals surface area contributed by atoms with Gasteiger partial charge in [0.25, 0.3) is 11.6 Å². The van der Waals surface area contributed by atoms with Crippen LogP contribution in [-0.4, -0.2) is 52.1 Å². The van der Waals surface area contributed by atoms with Crippen molar-refractivity contribution in [2.45, 2.75) is 0 Å². The molecular weight excluding hydrogens is 402 g/mol. The second-order valence-electron chi connectivity index (χ2n) is 6.31. The molecule has 0 aliphatic carbocycles. The number of halogens is 1. The number of hydrogen-bond donors (Lipinski definition) is 1. The summed E-state index contributed by atoms with van der Waals surface area (Å²) in [4.78, 5) is 28.3. The fraction of sp³-hybridized carbons (Fsp3) is 0.222. The number of nitro groups is 1. The third kappa shape index (κ3) is 3.58. The molecule has 1 aromatic carbocycles. The zero-order valence-electron chi connectivity index (χ0n) is 14.7. The predicted octanol–water partition coefficient (Wildman–Crippen LogP) is 3.66. The monoisotopic (exact) mass is 417 g/mol. The molecule has 1 amide bonds. The van der Waals surface area contributed by atoms with Gasteiger partial charge < -0.3 is 9.80 Å². The number of carbonyl (C=O) groups excluding carboxylic acids is 1. The minimum atomic E-state index is -0.436. The van der Waals surface area contributed by atoms with Crippen molar-refractivity contribution < 1.29 is 9.72 Å². The molecule has 2 aromatic heterocycles. The topological polar surface area (TPSA) is 95.4 Å². The number of aromatic amines is 1. The Morgan fingerprint density at radius 2 is 2.00 bits per heavy atom. The van der Waals surface area contributed by atoms with Crippen molar-refractivity contribution in [3.05, 3.63) is 62.6 Å². The minimum absolute atomic E-state index is 0.0276. The van der Waals surface area contributed by atoms with Crippen molar-refractivity contribution in [3.63, 3.8) is 0 Å². The number of amides is 1. The van der Waals surface area contributed by atoms with Crippen LogP contribution in [0.4, 0.5) is 11.4 Å². The van der Waals surface area contributed by atoms with Gasteiger partial charge in [0.05, 0.1) is 15.5 Å². The summed E-state index contributed by atoms with van der Waals surface area (Å²) in [5.41, 5.74) is 1.67. The Hall–Kier alpha value is -2.91. The van der Waals surface area contributed by atoms with Crippen LogP contribution in [0.15, 0.2) is 41.8 Å². The third-order valence-corrected chi connectivity index (χ3v) is 5.76. The van der Waals surface area contributed by atoms with E-state index in [2.05, 4.69) is 10.2 Å². The number of thiophene rings is 1. The first-order chi connectivity index (χ1) is 13.5. The quantitative estimate of drug-likeness (QED) is 0.516. The maximum atomic E-state index is 12.7. The predicted molar refractivity (Wildman–Crippen MR) is 108 cm³/mol. The zero-order valence-corrected chi connectivity index (χ0v) is 16.2. The van der Waals surface area contributed by atoms with Crippen LogP contribution in [0.25, 0.3) is 10.6 Å². The first-order valence-electron chi connectivity index (χ1n) is 8.60. The molecule has 0 unspecified atom stereocenters. The number of nitro benzene ring substituents is 1. The second-order valence-corrected chi connectivity index (χ2v) is 7.70. The van der Waals surface area contributed by atoms with Crippen molar-refractivity contribution in [3.8, 4) is 10.6 Å². The maximum absolute atomic E-state index is 12.7. The van der Waals surface area contributed by atoms with E-state index in [1.165, 1.54) is 6.07 Å². The first-order valence-corrected chi connectivity index (χ1v) is 9.86. The van der Waals surface area contributed by atoms with Gasteiger partial charge in [-0.2, -0.15) is 5.10 Å². The average molecular weight is 418 g/mol. The van der Waals surface area contributed by atoms with E-state index in [1.54, 1.807) is 34.4 Å². The highest BCUT2D eigenvalue weighted by Crippen LogP contribution is 2.32. The van der Waals surface area contributed by atoms with Crippen molar-refractivity contribution >= 4 is 40.2 Å². The summed E-state index contributed by atoms with van der Waals surface area (Å²) in [7, 11) is 0. The Balaban J connectivity index is 1.45. The fourth-order valence-corrected chi connectivity index (χ4v) is 4.07. The molecule has 4 rings (SSSR count). The molecule has 1 saturated heterocycles. The highest BCUT2D eigenvalue weighted by Gasteiger charge is 2.27. The summed E-state index contributed by atoms with van der Waals surface area (Å²) in [5.74, 6) is -0.149. The van der Waals surface area contributed by atoms with E-state index >= 15 is 0 Å². The van der Waals surface area contributed by atoms with Gasteiger partial charge in [0.1, 0.15) is 5.69 Å². The van der Waals surface area contributed by atoms with Gasteiger partial charge in [-0.3, -0.25) is 20.0 Å². The molecule has 144 valence electrons. The highest BCUT2D eigenvalue weighted by molar-refractivity contribution is 7.13. The van der Waals surface area contributed by atoms with Crippen molar-refractivity contribution in [1.82, 2.24) is 15.1 Å². The number of H-pyrrole nitrogens is 1. The molecule has 8 nitrogen and oxygen atoms in total. The molecule has 0 saturated carbocycles.